The van der Waals surface area contributed by atoms with Crippen LogP contribution < -0.4 is 5.73 Å². The van der Waals surface area contributed by atoms with Crippen LogP contribution in [0.25, 0.3) is 0 Å². The molecule has 0 rings (SSSR count). The lowest BCUT2D eigenvalue weighted by Crippen LogP contribution is -2.23. The van der Waals surface area contributed by atoms with Crippen molar-refractivity contribution >= 4 is 0 Å². The molecule has 0 amide bonds. The van der Waals surface area contributed by atoms with Crippen molar-refractivity contribution in [3.63, 3.8) is 0 Å². The summed E-state index contributed by atoms with van der Waals surface area (Å²) in [4.78, 5) is 0. The van der Waals surface area contributed by atoms with Gasteiger partial charge in [0.25, 0.3) is 0 Å². The molecule has 2 N–H and O–H groups in total. The molecule has 0 saturated heterocycles. The molecular formula is C6H12F3NO. The lowest BCUT2D eigenvalue weighted by molar-refractivity contribution is -0.183. The predicted octanol–water partition coefficient (Wildman–Crippen LogP) is 1.30. The van der Waals surface area contributed by atoms with Crippen LogP contribution in [-0.2, 0) is 4.74 Å². The van der Waals surface area contributed by atoms with Gasteiger partial charge in [-0.3, -0.25) is 0 Å². The van der Waals surface area contributed by atoms with Crippen molar-refractivity contribution in [2.75, 3.05) is 13.2 Å². The lowest BCUT2D eigenvalue weighted by Gasteiger charge is -2.13. The third kappa shape index (κ3) is 7.61. The molecule has 0 aromatic heterocycles. The molecule has 0 bridgehead atoms. The molecule has 1 unspecified atom stereocenters. The summed E-state index contributed by atoms with van der Waals surface area (Å²) in [6.45, 7) is 0.728. The minimum Gasteiger partial charge on any atom is -0.369 e. The first kappa shape index (κ1) is 10.7. The molecule has 0 aromatic carbocycles. The van der Waals surface area contributed by atoms with Crippen molar-refractivity contribution in [1.29, 1.82) is 0 Å². The molecule has 68 valence electrons. The van der Waals surface area contributed by atoms with Gasteiger partial charge >= 0.3 is 6.18 Å². The monoisotopic (exact) mass is 171 g/mol. The average molecular weight is 171 g/mol. The minimum absolute atomic E-state index is 0.346. The van der Waals surface area contributed by atoms with Gasteiger partial charge in [0.15, 0.2) is 0 Å². The van der Waals surface area contributed by atoms with Crippen molar-refractivity contribution < 1.29 is 17.9 Å². The Morgan fingerprint density at radius 3 is 2.36 bits per heavy atom. The van der Waals surface area contributed by atoms with E-state index in [9.17, 15) is 13.2 Å². The number of alkyl halides is 3. The zero-order valence-electron chi connectivity index (χ0n) is 6.32. The van der Waals surface area contributed by atoms with Gasteiger partial charge in [0.05, 0.1) is 6.10 Å². The van der Waals surface area contributed by atoms with E-state index in [1.807, 2.05) is 0 Å². The standard InChI is InChI=1S/C6H12F3NO/c1-5(2-3-10)11-4-6(7,8)9/h5H,2-4,10H2,1H3. The largest absolute Gasteiger partial charge is 0.411 e. The van der Waals surface area contributed by atoms with Crippen LogP contribution >= 0.6 is 0 Å². The number of hydrogen-bond acceptors (Lipinski definition) is 2. The molecule has 0 aliphatic carbocycles. The highest BCUT2D eigenvalue weighted by atomic mass is 19.4. The second-order valence-electron chi connectivity index (χ2n) is 2.31. The van der Waals surface area contributed by atoms with Crippen LogP contribution in [0, 0.1) is 0 Å². The van der Waals surface area contributed by atoms with Crippen molar-refractivity contribution in [2.24, 2.45) is 5.73 Å². The Labute approximate surface area is 63.5 Å². The van der Waals surface area contributed by atoms with E-state index in [1.54, 1.807) is 6.92 Å². The second kappa shape index (κ2) is 4.56. The molecule has 0 saturated carbocycles. The highest BCUT2D eigenvalue weighted by Gasteiger charge is 2.28. The Bertz CT molecular complexity index is 104. The van der Waals surface area contributed by atoms with E-state index in [-0.39, 0.29) is 0 Å². The molecule has 0 radical (unpaired) electrons. The Morgan fingerprint density at radius 2 is 2.00 bits per heavy atom. The third-order valence-electron chi connectivity index (χ3n) is 1.10. The summed E-state index contributed by atoms with van der Waals surface area (Å²) in [5.41, 5.74) is 5.11. The quantitative estimate of drug-likeness (QED) is 0.692. The summed E-state index contributed by atoms with van der Waals surface area (Å²) in [6.07, 6.45) is -4.19. The summed E-state index contributed by atoms with van der Waals surface area (Å²) in [6, 6.07) is 0. The zero-order valence-corrected chi connectivity index (χ0v) is 6.32. The number of nitrogens with two attached hydrogens (primary N) is 1. The van der Waals surface area contributed by atoms with Gasteiger partial charge < -0.3 is 10.5 Å². The maximum Gasteiger partial charge on any atom is 0.411 e. The van der Waals surface area contributed by atoms with Crippen LogP contribution in [-0.4, -0.2) is 25.4 Å². The lowest BCUT2D eigenvalue weighted by atomic mass is 10.3. The van der Waals surface area contributed by atoms with Crippen molar-refractivity contribution in [3.05, 3.63) is 0 Å². The first-order valence-corrected chi connectivity index (χ1v) is 3.34. The van der Waals surface area contributed by atoms with E-state index >= 15 is 0 Å². The number of hydrogen-bond donors (Lipinski definition) is 1. The molecule has 2 nitrogen and oxygen atoms in total. The van der Waals surface area contributed by atoms with Crippen molar-refractivity contribution in [3.8, 4) is 0 Å². The highest BCUT2D eigenvalue weighted by Crippen LogP contribution is 2.15. The number of rotatable bonds is 4. The van der Waals surface area contributed by atoms with E-state index in [0.29, 0.717) is 13.0 Å². The zero-order chi connectivity index (χ0) is 8.91. The van der Waals surface area contributed by atoms with Gasteiger partial charge in [0.1, 0.15) is 6.61 Å². The fourth-order valence-electron chi connectivity index (χ4n) is 0.555. The van der Waals surface area contributed by atoms with E-state index in [1.165, 1.54) is 0 Å². The SMILES string of the molecule is CC(CCN)OCC(F)(F)F. The van der Waals surface area contributed by atoms with E-state index < -0.39 is 18.9 Å². The van der Waals surface area contributed by atoms with Gasteiger partial charge in [-0.2, -0.15) is 13.2 Å². The number of halogens is 3. The van der Waals surface area contributed by atoms with Gasteiger partial charge in [-0.1, -0.05) is 0 Å². The molecule has 5 heteroatoms. The summed E-state index contributed by atoms with van der Waals surface area (Å²) < 4.78 is 38.9. The average Bonchev–Trinajstić information content (AvgIpc) is 1.83. The molecule has 0 aliphatic heterocycles. The van der Waals surface area contributed by atoms with Crippen LogP contribution in [0.4, 0.5) is 13.2 Å². The maximum atomic E-state index is 11.5. The topological polar surface area (TPSA) is 35.2 Å². The Hall–Kier alpha value is -0.290. The fourth-order valence-corrected chi connectivity index (χ4v) is 0.555. The van der Waals surface area contributed by atoms with Crippen molar-refractivity contribution in [2.45, 2.75) is 25.6 Å². The summed E-state index contributed by atoms with van der Waals surface area (Å²) in [7, 11) is 0. The summed E-state index contributed by atoms with van der Waals surface area (Å²) in [5.74, 6) is 0. The molecule has 0 aromatic rings. The molecule has 0 spiro atoms. The van der Waals surface area contributed by atoms with Crippen LogP contribution in [0.5, 0.6) is 0 Å². The summed E-state index contributed by atoms with van der Waals surface area (Å²) in [5, 5.41) is 0. The Kier molecular flexibility index (Phi) is 4.44. The minimum atomic E-state index is -4.23. The van der Waals surface area contributed by atoms with Crippen LogP contribution in [0.2, 0.25) is 0 Å². The first-order chi connectivity index (χ1) is 4.95. The fraction of sp³-hybridized carbons (Fsp3) is 1.00. The van der Waals surface area contributed by atoms with Crippen LogP contribution in [0.3, 0.4) is 0 Å². The maximum absolute atomic E-state index is 11.5. The van der Waals surface area contributed by atoms with E-state index in [4.69, 9.17) is 5.73 Å². The van der Waals surface area contributed by atoms with Gasteiger partial charge in [0.2, 0.25) is 0 Å². The predicted molar refractivity (Wildman–Crippen MR) is 35.1 cm³/mol. The Morgan fingerprint density at radius 1 is 1.45 bits per heavy atom. The summed E-state index contributed by atoms with van der Waals surface area (Å²) >= 11 is 0. The third-order valence-corrected chi connectivity index (χ3v) is 1.10. The van der Waals surface area contributed by atoms with Gasteiger partial charge in [-0.15, -0.1) is 0 Å². The molecule has 0 fully saturated rings. The highest BCUT2D eigenvalue weighted by molar-refractivity contribution is 4.53. The first-order valence-electron chi connectivity index (χ1n) is 3.34. The van der Waals surface area contributed by atoms with Crippen molar-refractivity contribution in [1.82, 2.24) is 0 Å². The molecule has 1 atom stereocenters. The molecule has 0 heterocycles. The number of ether oxygens (including phenoxy) is 1. The molecule has 11 heavy (non-hydrogen) atoms. The molecule has 0 aliphatic rings. The molecular weight excluding hydrogens is 159 g/mol. The van der Waals surface area contributed by atoms with E-state index in [2.05, 4.69) is 4.74 Å². The van der Waals surface area contributed by atoms with Crippen LogP contribution in [0.15, 0.2) is 0 Å². The smallest absolute Gasteiger partial charge is 0.369 e. The van der Waals surface area contributed by atoms with Gasteiger partial charge in [0, 0.05) is 0 Å². The van der Waals surface area contributed by atoms with Crippen LogP contribution in [0.1, 0.15) is 13.3 Å². The second-order valence-corrected chi connectivity index (χ2v) is 2.31. The van der Waals surface area contributed by atoms with Gasteiger partial charge in [-0.25, -0.2) is 0 Å². The normalized spacial score (nSPS) is 15.0. The van der Waals surface area contributed by atoms with Gasteiger partial charge in [-0.05, 0) is 19.9 Å². The van der Waals surface area contributed by atoms with E-state index in [0.717, 1.165) is 0 Å². The Balaban J connectivity index is 3.38.